The van der Waals surface area contributed by atoms with Gasteiger partial charge in [-0.25, -0.2) is 4.79 Å². The zero-order chi connectivity index (χ0) is 26.2. The minimum absolute atomic E-state index is 0.191. The Bertz CT molecular complexity index is 1140. The summed E-state index contributed by atoms with van der Waals surface area (Å²) in [4.78, 5) is 29.8. The SMILES string of the molecule is Cc1ccc(-c2c(C)c3c(c(C)c2C(OC(C)(C)C)C(=O)O)CN(CC(=O)N2CCCCC2)C3)cc1. The molecule has 0 aliphatic carbocycles. The number of piperidine rings is 1. The molecule has 2 heterocycles. The molecule has 2 aromatic rings. The van der Waals surface area contributed by atoms with Gasteiger partial charge in [-0.05, 0) is 94.2 Å². The first-order chi connectivity index (χ1) is 17.0. The summed E-state index contributed by atoms with van der Waals surface area (Å²) in [6, 6.07) is 8.25. The van der Waals surface area contributed by atoms with E-state index >= 15 is 0 Å². The lowest BCUT2D eigenvalue weighted by molar-refractivity contribution is -0.160. The molecule has 0 spiro atoms. The molecule has 1 atom stereocenters. The number of nitrogens with zero attached hydrogens (tertiary/aromatic N) is 2. The number of aliphatic carboxylic acids is 1. The molecule has 194 valence electrons. The highest BCUT2D eigenvalue weighted by atomic mass is 16.5. The van der Waals surface area contributed by atoms with Crippen molar-refractivity contribution in [3.8, 4) is 11.1 Å². The highest BCUT2D eigenvalue weighted by Crippen LogP contribution is 2.43. The van der Waals surface area contributed by atoms with Crippen LogP contribution in [0.5, 0.6) is 0 Å². The molecular formula is C30H40N2O4. The van der Waals surface area contributed by atoms with Gasteiger partial charge in [-0.3, -0.25) is 9.69 Å². The number of rotatable bonds is 6. The van der Waals surface area contributed by atoms with Crippen LogP contribution in [0, 0.1) is 20.8 Å². The second-order valence-electron chi connectivity index (χ2n) is 11.4. The first kappa shape index (κ1) is 26.4. The Morgan fingerprint density at radius 1 is 0.944 bits per heavy atom. The van der Waals surface area contributed by atoms with Crippen LogP contribution in [0.1, 0.15) is 79.5 Å². The van der Waals surface area contributed by atoms with Crippen molar-refractivity contribution in [2.75, 3.05) is 19.6 Å². The first-order valence-corrected chi connectivity index (χ1v) is 13.1. The van der Waals surface area contributed by atoms with Gasteiger partial charge < -0.3 is 14.7 Å². The number of fused-ring (bicyclic) bond motifs is 1. The Morgan fingerprint density at radius 3 is 2.08 bits per heavy atom. The molecule has 1 amide bonds. The molecule has 1 fully saturated rings. The van der Waals surface area contributed by atoms with Gasteiger partial charge in [0.05, 0.1) is 12.1 Å². The fourth-order valence-electron chi connectivity index (χ4n) is 5.64. The normalized spacial score (nSPS) is 17.2. The Morgan fingerprint density at radius 2 is 1.53 bits per heavy atom. The quantitative estimate of drug-likeness (QED) is 0.573. The first-order valence-electron chi connectivity index (χ1n) is 13.1. The average molecular weight is 493 g/mol. The maximum Gasteiger partial charge on any atom is 0.337 e. The molecule has 0 radical (unpaired) electrons. The van der Waals surface area contributed by atoms with Gasteiger partial charge in [0.15, 0.2) is 6.10 Å². The van der Waals surface area contributed by atoms with Gasteiger partial charge in [0.25, 0.3) is 0 Å². The van der Waals surface area contributed by atoms with E-state index in [1.807, 2.05) is 39.5 Å². The molecular weight excluding hydrogens is 452 g/mol. The number of carbonyl (C=O) groups is 2. The summed E-state index contributed by atoms with van der Waals surface area (Å²) in [5.41, 5.74) is 7.55. The predicted molar refractivity (Wildman–Crippen MR) is 142 cm³/mol. The second kappa shape index (κ2) is 10.3. The summed E-state index contributed by atoms with van der Waals surface area (Å²) in [5, 5.41) is 10.3. The second-order valence-corrected chi connectivity index (χ2v) is 11.4. The molecule has 1 unspecified atom stereocenters. The van der Waals surface area contributed by atoms with Gasteiger partial charge >= 0.3 is 5.97 Å². The van der Waals surface area contributed by atoms with Gasteiger partial charge in [-0.1, -0.05) is 29.8 Å². The maximum absolute atomic E-state index is 13.0. The summed E-state index contributed by atoms with van der Waals surface area (Å²) in [6.07, 6.45) is 2.27. The molecule has 2 aliphatic heterocycles. The zero-order valence-corrected chi connectivity index (χ0v) is 22.6. The van der Waals surface area contributed by atoms with E-state index in [4.69, 9.17) is 4.74 Å². The summed E-state index contributed by atoms with van der Waals surface area (Å²) in [5.74, 6) is -0.799. The number of aryl methyl sites for hydroxylation is 1. The monoisotopic (exact) mass is 492 g/mol. The third-order valence-corrected chi connectivity index (χ3v) is 7.45. The Labute approximate surface area is 215 Å². The molecule has 0 bridgehead atoms. The number of benzene rings is 2. The van der Waals surface area contributed by atoms with Crippen LogP contribution in [0.25, 0.3) is 11.1 Å². The predicted octanol–water partition coefficient (Wildman–Crippen LogP) is 5.55. The van der Waals surface area contributed by atoms with Crippen LogP contribution in [0.3, 0.4) is 0 Å². The van der Waals surface area contributed by atoms with Crippen LogP contribution in [-0.2, 0) is 27.4 Å². The molecule has 6 heteroatoms. The van der Waals surface area contributed by atoms with Crippen molar-refractivity contribution in [2.24, 2.45) is 0 Å². The summed E-state index contributed by atoms with van der Waals surface area (Å²) in [7, 11) is 0. The van der Waals surface area contributed by atoms with Crippen LogP contribution in [0.4, 0.5) is 0 Å². The maximum atomic E-state index is 13.0. The van der Waals surface area contributed by atoms with Crippen LogP contribution >= 0.6 is 0 Å². The van der Waals surface area contributed by atoms with E-state index in [-0.39, 0.29) is 5.91 Å². The minimum atomic E-state index is -1.09. The molecule has 2 aliphatic rings. The molecule has 36 heavy (non-hydrogen) atoms. The van der Waals surface area contributed by atoms with Crippen molar-refractivity contribution in [3.05, 3.63) is 57.6 Å². The summed E-state index contributed by atoms with van der Waals surface area (Å²) < 4.78 is 6.16. The number of carboxylic acid groups (broad SMARTS) is 1. The molecule has 1 saturated heterocycles. The van der Waals surface area contributed by atoms with Gasteiger partial charge in [-0.15, -0.1) is 0 Å². The molecule has 1 N–H and O–H groups in total. The Balaban J connectivity index is 1.78. The van der Waals surface area contributed by atoms with Crippen LogP contribution in [-0.4, -0.2) is 52.0 Å². The van der Waals surface area contributed by atoms with E-state index in [1.54, 1.807) is 0 Å². The minimum Gasteiger partial charge on any atom is -0.479 e. The van der Waals surface area contributed by atoms with E-state index in [0.717, 1.165) is 64.9 Å². The largest absolute Gasteiger partial charge is 0.479 e. The van der Waals surface area contributed by atoms with E-state index in [9.17, 15) is 14.7 Å². The van der Waals surface area contributed by atoms with Crippen LogP contribution in [0.15, 0.2) is 24.3 Å². The smallest absolute Gasteiger partial charge is 0.337 e. The topological polar surface area (TPSA) is 70.1 Å². The standard InChI is InChI=1S/C30H40N2O4/c1-19-10-12-22(13-11-19)26-20(2)23-16-31(18-25(33)32-14-8-7-9-15-32)17-24(23)21(3)27(26)28(29(34)35)36-30(4,5)6/h10-13,28H,7-9,14-18H2,1-6H3,(H,34,35). The van der Waals surface area contributed by atoms with Crippen molar-refractivity contribution < 1.29 is 19.4 Å². The highest BCUT2D eigenvalue weighted by molar-refractivity contribution is 5.84. The number of carboxylic acids is 1. The number of carbonyl (C=O) groups excluding carboxylic acids is 1. The van der Waals surface area contributed by atoms with Crippen molar-refractivity contribution in [1.82, 2.24) is 9.80 Å². The number of likely N-dealkylation sites (tertiary alicyclic amines) is 1. The fourth-order valence-corrected chi connectivity index (χ4v) is 5.64. The van der Waals surface area contributed by atoms with Gasteiger partial charge in [0.2, 0.25) is 5.91 Å². The lowest BCUT2D eigenvalue weighted by Gasteiger charge is -2.30. The number of ether oxygens (including phenoxy) is 1. The van der Waals surface area contributed by atoms with E-state index in [2.05, 4.69) is 36.1 Å². The van der Waals surface area contributed by atoms with E-state index in [1.165, 1.54) is 12.0 Å². The molecule has 4 rings (SSSR count). The van der Waals surface area contributed by atoms with E-state index < -0.39 is 17.7 Å². The average Bonchev–Trinajstić information content (AvgIpc) is 3.25. The number of amides is 1. The van der Waals surface area contributed by atoms with Crippen LogP contribution < -0.4 is 0 Å². The van der Waals surface area contributed by atoms with Crippen molar-refractivity contribution in [2.45, 2.75) is 85.6 Å². The number of hydrogen-bond donors (Lipinski definition) is 1. The highest BCUT2D eigenvalue weighted by Gasteiger charge is 2.36. The van der Waals surface area contributed by atoms with Crippen molar-refractivity contribution >= 4 is 11.9 Å². The lowest BCUT2D eigenvalue weighted by Crippen LogP contribution is -2.41. The number of hydrogen-bond acceptors (Lipinski definition) is 4. The Kier molecular flexibility index (Phi) is 7.58. The third-order valence-electron chi connectivity index (χ3n) is 7.45. The Hall–Kier alpha value is -2.70. The lowest BCUT2D eigenvalue weighted by atomic mass is 9.83. The summed E-state index contributed by atoms with van der Waals surface area (Å²) in [6.45, 7) is 15.2. The van der Waals surface area contributed by atoms with Gasteiger partial charge in [0.1, 0.15) is 0 Å². The summed E-state index contributed by atoms with van der Waals surface area (Å²) >= 11 is 0. The van der Waals surface area contributed by atoms with Crippen LogP contribution in [0.2, 0.25) is 0 Å². The fraction of sp³-hybridized carbons (Fsp3) is 0.533. The van der Waals surface area contributed by atoms with E-state index in [0.29, 0.717) is 19.6 Å². The van der Waals surface area contributed by atoms with Crippen molar-refractivity contribution in [1.29, 1.82) is 0 Å². The zero-order valence-electron chi connectivity index (χ0n) is 22.6. The van der Waals surface area contributed by atoms with Crippen molar-refractivity contribution in [3.63, 3.8) is 0 Å². The van der Waals surface area contributed by atoms with Gasteiger partial charge in [-0.2, -0.15) is 0 Å². The molecule has 6 nitrogen and oxygen atoms in total. The van der Waals surface area contributed by atoms with Gasteiger partial charge in [0, 0.05) is 31.7 Å². The molecule has 2 aromatic carbocycles. The third kappa shape index (κ3) is 5.50. The molecule has 0 saturated carbocycles. The molecule has 0 aromatic heterocycles.